The first-order chi connectivity index (χ1) is 16.8. The average Bonchev–Trinajstić information content (AvgIpc) is 3.22. The molecular weight excluding hydrogens is 619 g/mol. The minimum absolute atomic E-state index is 0.0259. The maximum Gasteiger partial charge on any atom is 0.274 e. The van der Waals surface area contributed by atoms with Crippen LogP contribution in [0.25, 0.3) is 0 Å². The predicted molar refractivity (Wildman–Crippen MR) is 137 cm³/mol. The Bertz CT molecular complexity index is 1340. The van der Waals surface area contributed by atoms with Crippen molar-refractivity contribution in [3.63, 3.8) is 0 Å². The molecule has 1 saturated carbocycles. The van der Waals surface area contributed by atoms with Crippen LogP contribution in [0.3, 0.4) is 0 Å². The molecule has 4 atom stereocenters. The SMILES string of the molecule is O=C(c1ccccc1Cl)N(Cc1ccccc1F)N1C(=O)[C@@H]2[C@@H](C1=O)[C@@]1(Cl)C(Cl)=C(Cl)[C@@]2(Cl)C1(Cl)Cl. The van der Waals surface area contributed by atoms with E-state index in [-0.39, 0.29) is 26.2 Å². The number of hydrogen-bond acceptors (Lipinski definition) is 3. The summed E-state index contributed by atoms with van der Waals surface area (Å²) < 4.78 is 12.5. The van der Waals surface area contributed by atoms with E-state index in [1.807, 2.05) is 0 Å². The number of alkyl halides is 4. The fourth-order valence-electron chi connectivity index (χ4n) is 5.01. The molecule has 13 heteroatoms. The predicted octanol–water partition coefficient (Wildman–Crippen LogP) is 6.48. The number of rotatable bonds is 4. The van der Waals surface area contributed by atoms with Gasteiger partial charge in [-0.05, 0) is 18.2 Å². The Balaban J connectivity index is 1.65. The number of hydrogen-bond donors (Lipinski definition) is 0. The molecule has 1 aliphatic heterocycles. The fraction of sp³-hybridized carbons (Fsp3) is 0.261. The Morgan fingerprint density at radius 1 is 0.861 bits per heavy atom. The third-order valence-corrected chi connectivity index (χ3v) is 11.3. The van der Waals surface area contributed by atoms with Crippen molar-refractivity contribution in [3.8, 4) is 0 Å². The van der Waals surface area contributed by atoms with E-state index in [2.05, 4.69) is 0 Å². The summed E-state index contributed by atoms with van der Waals surface area (Å²) in [6.07, 6.45) is 0. The number of benzene rings is 2. The van der Waals surface area contributed by atoms with Crippen molar-refractivity contribution in [3.05, 3.63) is 80.6 Å². The van der Waals surface area contributed by atoms with Crippen molar-refractivity contribution in [2.45, 2.75) is 20.6 Å². The van der Waals surface area contributed by atoms with Crippen molar-refractivity contribution in [1.82, 2.24) is 10.0 Å². The van der Waals surface area contributed by atoms with E-state index in [9.17, 15) is 18.8 Å². The molecule has 0 spiro atoms. The van der Waals surface area contributed by atoms with Crippen LogP contribution in [0.5, 0.6) is 0 Å². The third-order valence-electron chi connectivity index (χ3n) is 6.74. The topological polar surface area (TPSA) is 57.7 Å². The van der Waals surface area contributed by atoms with E-state index in [1.54, 1.807) is 18.2 Å². The quantitative estimate of drug-likeness (QED) is 0.287. The molecule has 2 aromatic carbocycles. The Morgan fingerprint density at radius 2 is 1.36 bits per heavy atom. The molecular formula is C23H12Cl7FN2O3. The zero-order valence-electron chi connectivity index (χ0n) is 17.6. The van der Waals surface area contributed by atoms with Gasteiger partial charge in [0.2, 0.25) is 0 Å². The number of nitrogens with zero attached hydrogens (tertiary/aromatic N) is 2. The molecule has 5 nitrogen and oxygen atoms in total. The van der Waals surface area contributed by atoms with Gasteiger partial charge in [-0.15, -0.1) is 23.2 Å². The van der Waals surface area contributed by atoms with E-state index in [4.69, 9.17) is 81.2 Å². The van der Waals surface area contributed by atoms with E-state index in [0.29, 0.717) is 5.01 Å². The summed E-state index contributed by atoms with van der Waals surface area (Å²) in [6.45, 7) is -0.500. The van der Waals surface area contributed by atoms with E-state index < -0.39 is 56.0 Å². The molecule has 1 saturated heterocycles. The maximum absolute atomic E-state index is 14.6. The minimum atomic E-state index is -2.13. The average molecular weight is 632 g/mol. The normalized spacial score (nSPS) is 30.3. The molecule has 3 aliphatic rings. The van der Waals surface area contributed by atoms with Gasteiger partial charge in [0.1, 0.15) is 15.6 Å². The van der Waals surface area contributed by atoms with Gasteiger partial charge in [0, 0.05) is 5.56 Å². The van der Waals surface area contributed by atoms with Gasteiger partial charge in [0.15, 0.2) is 4.33 Å². The fourth-order valence-corrected chi connectivity index (χ4v) is 8.16. The number of imide groups is 1. The van der Waals surface area contributed by atoms with Gasteiger partial charge in [-0.1, -0.05) is 88.3 Å². The molecule has 188 valence electrons. The van der Waals surface area contributed by atoms with Crippen LogP contribution in [0.1, 0.15) is 15.9 Å². The van der Waals surface area contributed by atoms with Crippen LogP contribution in [0, 0.1) is 17.7 Å². The molecule has 2 aliphatic carbocycles. The van der Waals surface area contributed by atoms with Crippen LogP contribution in [0.2, 0.25) is 5.02 Å². The molecule has 0 unspecified atom stereocenters. The lowest BCUT2D eigenvalue weighted by Crippen LogP contribution is -2.55. The highest BCUT2D eigenvalue weighted by atomic mass is 35.5. The molecule has 3 amide bonds. The molecule has 1 heterocycles. The second kappa shape index (κ2) is 8.63. The monoisotopic (exact) mass is 628 g/mol. The van der Waals surface area contributed by atoms with Crippen LogP contribution in [0.4, 0.5) is 4.39 Å². The van der Waals surface area contributed by atoms with Crippen LogP contribution < -0.4 is 0 Å². The lowest BCUT2D eigenvalue weighted by Gasteiger charge is -2.37. The Hall–Kier alpha value is -1.25. The molecule has 2 fully saturated rings. The molecule has 0 aromatic heterocycles. The van der Waals surface area contributed by atoms with Crippen molar-refractivity contribution >= 4 is 98.9 Å². The lowest BCUT2D eigenvalue weighted by atomic mass is 9.84. The van der Waals surface area contributed by atoms with Crippen molar-refractivity contribution < 1.29 is 18.8 Å². The van der Waals surface area contributed by atoms with Gasteiger partial charge in [-0.25, -0.2) is 9.40 Å². The Labute approximate surface area is 239 Å². The summed E-state index contributed by atoms with van der Waals surface area (Å²) in [5.41, 5.74) is -0.00605. The first-order valence-electron chi connectivity index (χ1n) is 10.3. The maximum atomic E-state index is 14.6. The molecule has 5 rings (SSSR count). The van der Waals surface area contributed by atoms with Gasteiger partial charge in [0.25, 0.3) is 17.7 Å². The standard InChI is InChI=1S/C23H12Cl7FN2O3/c24-12-7-3-2-6-11(12)18(34)32(9-10-5-1-4-8-13(10)31)33-19(35)14-15(20(33)36)22(28)17(26)16(25)21(14,27)23(22,29)30/h1-8,14-15H,9H2/t14-,15-,21+,22+/m0/s1. The van der Waals surface area contributed by atoms with E-state index in [0.717, 1.165) is 5.01 Å². The van der Waals surface area contributed by atoms with Gasteiger partial charge in [-0.2, -0.15) is 5.01 Å². The highest BCUT2D eigenvalue weighted by Gasteiger charge is 2.88. The summed E-state index contributed by atoms with van der Waals surface area (Å²) in [5, 5.41) is 0.872. The zero-order chi connectivity index (χ0) is 26.4. The molecule has 2 bridgehead atoms. The summed E-state index contributed by atoms with van der Waals surface area (Å²) in [4.78, 5) is 37.2. The highest BCUT2D eigenvalue weighted by molar-refractivity contribution is 6.66. The van der Waals surface area contributed by atoms with Crippen LogP contribution in [-0.4, -0.2) is 41.8 Å². The molecule has 0 radical (unpaired) electrons. The molecule has 0 N–H and O–H groups in total. The third kappa shape index (κ3) is 3.13. The second-order valence-electron chi connectivity index (χ2n) is 8.50. The number of allylic oxidation sites excluding steroid dienone is 2. The molecule has 36 heavy (non-hydrogen) atoms. The Morgan fingerprint density at radius 3 is 1.89 bits per heavy atom. The van der Waals surface area contributed by atoms with Gasteiger partial charge >= 0.3 is 0 Å². The number of carbonyl (C=O) groups is 3. The summed E-state index contributed by atoms with van der Waals surface area (Å²) in [6, 6.07) is 11.6. The number of carbonyl (C=O) groups excluding carboxylic acids is 3. The van der Waals surface area contributed by atoms with Crippen molar-refractivity contribution in [1.29, 1.82) is 0 Å². The highest BCUT2D eigenvalue weighted by Crippen LogP contribution is 2.77. The van der Waals surface area contributed by atoms with Gasteiger partial charge in [-0.3, -0.25) is 14.4 Å². The second-order valence-corrected chi connectivity index (χ2v) is 12.2. The Kier molecular flexibility index (Phi) is 6.32. The van der Waals surface area contributed by atoms with Crippen LogP contribution in [-0.2, 0) is 16.1 Å². The first kappa shape index (κ1) is 26.4. The minimum Gasteiger partial charge on any atom is -0.272 e. The van der Waals surface area contributed by atoms with Crippen molar-refractivity contribution in [2.75, 3.05) is 0 Å². The lowest BCUT2D eigenvalue weighted by molar-refractivity contribution is -0.156. The van der Waals surface area contributed by atoms with Crippen LogP contribution in [0.15, 0.2) is 58.6 Å². The van der Waals surface area contributed by atoms with Crippen molar-refractivity contribution in [2.24, 2.45) is 11.8 Å². The zero-order valence-corrected chi connectivity index (χ0v) is 22.9. The number of hydrazine groups is 1. The van der Waals surface area contributed by atoms with E-state index >= 15 is 0 Å². The molecule has 2 aromatic rings. The van der Waals surface area contributed by atoms with Gasteiger partial charge < -0.3 is 0 Å². The van der Waals surface area contributed by atoms with Gasteiger partial charge in [0.05, 0.1) is 39.0 Å². The van der Waals surface area contributed by atoms with E-state index in [1.165, 1.54) is 30.3 Å². The largest absolute Gasteiger partial charge is 0.274 e. The number of halogens is 8. The first-order valence-corrected chi connectivity index (χ1v) is 13.0. The number of fused-ring (bicyclic) bond motifs is 5. The summed E-state index contributed by atoms with van der Waals surface area (Å²) in [7, 11) is 0. The van der Waals surface area contributed by atoms with Crippen LogP contribution >= 0.6 is 81.2 Å². The summed E-state index contributed by atoms with van der Waals surface area (Å²) >= 11 is 45.4. The smallest absolute Gasteiger partial charge is 0.272 e. The number of amides is 3. The summed E-state index contributed by atoms with van der Waals surface area (Å²) in [5.74, 6) is -6.34.